The average molecular weight is 392 g/mol. The van der Waals surface area contributed by atoms with Gasteiger partial charge in [-0.3, -0.25) is 9.69 Å². The first kappa shape index (κ1) is 18.5. The summed E-state index contributed by atoms with van der Waals surface area (Å²) in [5.74, 6) is 1.17. The van der Waals surface area contributed by atoms with Gasteiger partial charge in [0.2, 0.25) is 5.91 Å². The molecule has 5 nitrogen and oxygen atoms in total. The van der Waals surface area contributed by atoms with Crippen LogP contribution in [0.15, 0.2) is 54.6 Å². The molecule has 2 aromatic carbocycles. The van der Waals surface area contributed by atoms with Gasteiger partial charge in [-0.15, -0.1) is 0 Å². The number of nitrogens with zero attached hydrogens (tertiary/aromatic N) is 2. The minimum absolute atomic E-state index is 0.0170. The first-order valence-electron chi connectivity index (χ1n) is 10.8. The molecule has 5 heteroatoms. The van der Waals surface area contributed by atoms with Crippen LogP contribution in [0, 0.1) is 5.92 Å². The number of rotatable bonds is 6. The van der Waals surface area contributed by atoms with Crippen LogP contribution in [0.5, 0.6) is 5.75 Å². The lowest BCUT2D eigenvalue weighted by Gasteiger charge is -2.49. The Balaban J connectivity index is 1.27. The maximum absolute atomic E-state index is 13.0. The van der Waals surface area contributed by atoms with Gasteiger partial charge in [0.25, 0.3) is 0 Å². The Morgan fingerprint density at radius 1 is 1.03 bits per heavy atom. The van der Waals surface area contributed by atoms with Gasteiger partial charge in [0.1, 0.15) is 12.4 Å². The van der Waals surface area contributed by atoms with Crippen molar-refractivity contribution in [3.05, 3.63) is 60.2 Å². The van der Waals surface area contributed by atoms with E-state index in [-0.39, 0.29) is 17.9 Å². The normalized spacial score (nSPS) is 23.8. The average Bonchev–Trinajstić information content (AvgIpc) is 3.58. The van der Waals surface area contributed by atoms with Crippen LogP contribution < -0.4 is 15.0 Å². The molecule has 0 aromatic heterocycles. The molecule has 1 saturated heterocycles. The van der Waals surface area contributed by atoms with E-state index in [4.69, 9.17) is 4.74 Å². The van der Waals surface area contributed by atoms with Crippen LogP contribution in [-0.4, -0.2) is 55.7 Å². The Labute approximate surface area is 172 Å². The molecule has 2 aliphatic heterocycles. The SMILES string of the molecule is O=C(NC1CC1)[C@@H]1Cc2ccccc2N2CCN(CCOc3ccccc3)C[C@H]12. The zero-order valence-corrected chi connectivity index (χ0v) is 16.8. The second kappa shape index (κ2) is 8.07. The van der Waals surface area contributed by atoms with Gasteiger partial charge < -0.3 is 15.0 Å². The molecule has 2 fully saturated rings. The first-order valence-corrected chi connectivity index (χ1v) is 10.8. The highest BCUT2D eigenvalue weighted by molar-refractivity contribution is 5.82. The van der Waals surface area contributed by atoms with Gasteiger partial charge in [0, 0.05) is 37.9 Å². The quantitative estimate of drug-likeness (QED) is 0.822. The number of nitrogens with one attached hydrogen (secondary N) is 1. The van der Waals surface area contributed by atoms with Crippen molar-refractivity contribution in [3.8, 4) is 5.75 Å². The van der Waals surface area contributed by atoms with Gasteiger partial charge in [-0.2, -0.15) is 0 Å². The Hall–Kier alpha value is -2.53. The predicted molar refractivity (Wildman–Crippen MR) is 114 cm³/mol. The summed E-state index contributed by atoms with van der Waals surface area (Å²) >= 11 is 0. The minimum Gasteiger partial charge on any atom is -0.492 e. The topological polar surface area (TPSA) is 44.8 Å². The van der Waals surface area contributed by atoms with Gasteiger partial charge in [-0.05, 0) is 43.0 Å². The summed E-state index contributed by atoms with van der Waals surface area (Å²) in [4.78, 5) is 18.0. The molecule has 0 unspecified atom stereocenters. The molecular weight excluding hydrogens is 362 g/mol. The van der Waals surface area contributed by atoms with Crippen LogP contribution in [0.3, 0.4) is 0 Å². The molecule has 1 N–H and O–H groups in total. The number of carbonyl (C=O) groups excluding carboxylic acids is 1. The Morgan fingerprint density at radius 2 is 1.83 bits per heavy atom. The zero-order valence-electron chi connectivity index (χ0n) is 16.8. The van der Waals surface area contributed by atoms with E-state index in [1.807, 2.05) is 30.3 Å². The molecule has 0 spiro atoms. The van der Waals surface area contributed by atoms with Crippen LogP contribution in [0.4, 0.5) is 5.69 Å². The van der Waals surface area contributed by atoms with Gasteiger partial charge in [0.05, 0.1) is 12.0 Å². The number of carbonyl (C=O) groups is 1. The van der Waals surface area contributed by atoms with Gasteiger partial charge in [0.15, 0.2) is 0 Å². The fourth-order valence-electron chi connectivity index (χ4n) is 4.67. The molecule has 1 aliphatic carbocycles. The predicted octanol–water partition coefficient (Wildman–Crippen LogP) is 2.71. The molecule has 0 bridgehead atoms. The highest BCUT2D eigenvalue weighted by Gasteiger charge is 2.42. The summed E-state index contributed by atoms with van der Waals surface area (Å²) in [6.45, 7) is 4.43. The van der Waals surface area contributed by atoms with E-state index >= 15 is 0 Å². The Morgan fingerprint density at radius 3 is 2.66 bits per heavy atom. The lowest BCUT2D eigenvalue weighted by Crippen LogP contribution is -2.61. The van der Waals surface area contributed by atoms with Crippen LogP contribution in [0.25, 0.3) is 0 Å². The van der Waals surface area contributed by atoms with Crippen molar-refractivity contribution in [2.24, 2.45) is 5.92 Å². The fourth-order valence-corrected chi connectivity index (χ4v) is 4.67. The summed E-state index contributed by atoms with van der Waals surface area (Å²) in [6, 6.07) is 19.2. The number of benzene rings is 2. The third-order valence-electron chi connectivity index (χ3n) is 6.39. The van der Waals surface area contributed by atoms with Crippen LogP contribution in [0.1, 0.15) is 18.4 Å². The van der Waals surface area contributed by atoms with Gasteiger partial charge in [-0.1, -0.05) is 36.4 Å². The van der Waals surface area contributed by atoms with E-state index in [9.17, 15) is 4.79 Å². The van der Waals surface area contributed by atoms with E-state index in [0.717, 1.165) is 51.2 Å². The van der Waals surface area contributed by atoms with Crippen LogP contribution in [-0.2, 0) is 11.2 Å². The fraction of sp³-hybridized carbons (Fsp3) is 0.458. The molecule has 0 radical (unpaired) electrons. The zero-order chi connectivity index (χ0) is 19.6. The van der Waals surface area contributed by atoms with E-state index in [2.05, 4.69) is 39.4 Å². The molecule has 2 atom stereocenters. The Kier molecular flexibility index (Phi) is 5.15. The summed E-state index contributed by atoms with van der Waals surface area (Å²) in [5.41, 5.74) is 2.62. The number of amides is 1. The number of para-hydroxylation sites is 2. The summed E-state index contributed by atoms with van der Waals surface area (Å²) in [5, 5.41) is 3.26. The maximum atomic E-state index is 13.0. The van der Waals surface area contributed by atoms with E-state index in [0.29, 0.717) is 12.6 Å². The highest BCUT2D eigenvalue weighted by Crippen LogP contribution is 2.36. The number of piperazine rings is 1. The van der Waals surface area contributed by atoms with E-state index in [1.54, 1.807) is 0 Å². The maximum Gasteiger partial charge on any atom is 0.225 e. The monoisotopic (exact) mass is 391 g/mol. The third kappa shape index (κ3) is 4.10. The van der Waals surface area contributed by atoms with Crippen molar-refractivity contribution >= 4 is 11.6 Å². The summed E-state index contributed by atoms with van der Waals surface area (Å²) in [6.07, 6.45) is 3.10. The minimum atomic E-state index is 0.0170. The van der Waals surface area contributed by atoms with Crippen molar-refractivity contribution in [1.29, 1.82) is 0 Å². The van der Waals surface area contributed by atoms with Gasteiger partial charge in [-0.25, -0.2) is 0 Å². The molecule has 3 aliphatic rings. The number of ether oxygens (including phenoxy) is 1. The molecule has 2 heterocycles. The molecule has 29 heavy (non-hydrogen) atoms. The molecular formula is C24H29N3O2. The number of fused-ring (bicyclic) bond motifs is 3. The van der Waals surface area contributed by atoms with Crippen LogP contribution >= 0.6 is 0 Å². The molecule has 2 aromatic rings. The smallest absolute Gasteiger partial charge is 0.225 e. The first-order chi connectivity index (χ1) is 14.3. The molecule has 152 valence electrons. The van der Waals surface area contributed by atoms with Crippen molar-refractivity contribution in [1.82, 2.24) is 10.2 Å². The van der Waals surface area contributed by atoms with E-state index in [1.165, 1.54) is 11.3 Å². The molecule has 5 rings (SSSR count). The lowest BCUT2D eigenvalue weighted by atomic mass is 9.83. The molecule has 1 amide bonds. The standard InChI is InChI=1S/C24H29N3O2/c28-24(25-19-10-11-19)21-16-18-6-4-5-9-22(18)27-13-12-26(17-23(21)27)14-15-29-20-7-2-1-3-8-20/h1-9,19,21,23H,10-17H2,(H,25,28)/t21-,23-/m1/s1. The number of anilines is 1. The number of hydrogen-bond donors (Lipinski definition) is 1. The Bertz CT molecular complexity index is 852. The van der Waals surface area contributed by atoms with Crippen molar-refractivity contribution in [2.75, 3.05) is 37.7 Å². The van der Waals surface area contributed by atoms with Crippen molar-refractivity contribution in [2.45, 2.75) is 31.3 Å². The highest BCUT2D eigenvalue weighted by atomic mass is 16.5. The second-order valence-electron chi connectivity index (χ2n) is 8.45. The largest absolute Gasteiger partial charge is 0.492 e. The summed E-state index contributed by atoms with van der Waals surface area (Å²) < 4.78 is 5.90. The van der Waals surface area contributed by atoms with Crippen LogP contribution in [0.2, 0.25) is 0 Å². The third-order valence-corrected chi connectivity index (χ3v) is 6.39. The lowest BCUT2D eigenvalue weighted by molar-refractivity contribution is -0.126. The van der Waals surface area contributed by atoms with E-state index < -0.39 is 0 Å². The van der Waals surface area contributed by atoms with Crippen molar-refractivity contribution in [3.63, 3.8) is 0 Å². The second-order valence-corrected chi connectivity index (χ2v) is 8.45. The number of hydrogen-bond acceptors (Lipinski definition) is 4. The van der Waals surface area contributed by atoms with Gasteiger partial charge >= 0.3 is 0 Å². The van der Waals surface area contributed by atoms with Crippen molar-refractivity contribution < 1.29 is 9.53 Å². The molecule has 1 saturated carbocycles. The summed E-state index contributed by atoms with van der Waals surface area (Å²) in [7, 11) is 0.